The van der Waals surface area contributed by atoms with Gasteiger partial charge in [-0.2, -0.15) is 5.10 Å². The Bertz CT molecular complexity index is 402. The van der Waals surface area contributed by atoms with Gasteiger partial charge in [-0.15, -0.1) is 0 Å². The highest BCUT2D eigenvalue weighted by Crippen LogP contribution is 1.95. The maximum Gasteiger partial charge on any atom is 0.356 e. The van der Waals surface area contributed by atoms with Crippen LogP contribution in [0.2, 0.25) is 0 Å². The first-order valence-corrected chi connectivity index (χ1v) is 5.08. The predicted molar refractivity (Wildman–Crippen MR) is 58.7 cm³/mol. The van der Waals surface area contributed by atoms with E-state index >= 15 is 0 Å². The van der Waals surface area contributed by atoms with Crippen molar-refractivity contribution in [3.8, 4) is 0 Å². The molecule has 0 aliphatic carbocycles. The Hall–Kier alpha value is -1.89. The summed E-state index contributed by atoms with van der Waals surface area (Å²) in [4.78, 5) is 22.1. The maximum atomic E-state index is 11.5. The first kappa shape index (κ1) is 13.2. The fourth-order valence-electron chi connectivity index (χ4n) is 1.32. The van der Waals surface area contributed by atoms with Gasteiger partial charge in [0, 0.05) is 19.3 Å². The number of aromatic carboxylic acids is 1. The van der Waals surface area contributed by atoms with Gasteiger partial charge < -0.3 is 15.2 Å². The summed E-state index contributed by atoms with van der Waals surface area (Å²) in [5.74, 6) is -1.36. The van der Waals surface area contributed by atoms with Gasteiger partial charge in [-0.25, -0.2) is 4.79 Å². The first-order valence-electron chi connectivity index (χ1n) is 5.08. The van der Waals surface area contributed by atoms with Crippen LogP contribution in [-0.2, 0) is 16.1 Å². The van der Waals surface area contributed by atoms with E-state index in [2.05, 4.69) is 10.4 Å². The van der Waals surface area contributed by atoms with Gasteiger partial charge in [-0.3, -0.25) is 9.48 Å². The minimum atomic E-state index is -1.11. The summed E-state index contributed by atoms with van der Waals surface area (Å²) in [5, 5.41) is 15.1. The van der Waals surface area contributed by atoms with E-state index in [4.69, 9.17) is 9.84 Å². The fourth-order valence-corrected chi connectivity index (χ4v) is 1.32. The summed E-state index contributed by atoms with van der Waals surface area (Å²) in [7, 11) is 1.55. The predicted octanol–water partition coefficient (Wildman–Crippen LogP) is -0.268. The van der Waals surface area contributed by atoms with Crippen LogP contribution in [0.4, 0.5) is 0 Å². The summed E-state index contributed by atoms with van der Waals surface area (Å²) < 4.78 is 6.15. The van der Waals surface area contributed by atoms with Crippen LogP contribution in [0.25, 0.3) is 0 Å². The molecule has 0 spiro atoms. The second-order valence-electron chi connectivity index (χ2n) is 3.63. The van der Waals surface area contributed by atoms with E-state index < -0.39 is 5.97 Å². The highest BCUT2D eigenvalue weighted by atomic mass is 16.5. The lowest BCUT2D eigenvalue weighted by Gasteiger charge is -2.12. The number of methoxy groups -OCH3 is 1. The number of carboxylic acids is 1. The highest BCUT2D eigenvalue weighted by molar-refractivity contribution is 5.85. The third kappa shape index (κ3) is 4.23. The van der Waals surface area contributed by atoms with Crippen LogP contribution in [0.5, 0.6) is 0 Å². The van der Waals surface area contributed by atoms with Crippen molar-refractivity contribution >= 4 is 11.9 Å². The number of nitrogens with one attached hydrogen (secondary N) is 1. The zero-order valence-corrected chi connectivity index (χ0v) is 9.71. The van der Waals surface area contributed by atoms with Crippen LogP contribution < -0.4 is 5.32 Å². The molecule has 0 aliphatic heterocycles. The first-order chi connectivity index (χ1) is 8.02. The summed E-state index contributed by atoms with van der Waals surface area (Å²) in [6.45, 7) is 2.22. The smallest absolute Gasteiger partial charge is 0.356 e. The number of aromatic nitrogens is 2. The molecular weight excluding hydrogens is 226 g/mol. The van der Waals surface area contributed by atoms with Crippen molar-refractivity contribution in [1.29, 1.82) is 0 Å². The second-order valence-corrected chi connectivity index (χ2v) is 3.63. The molecule has 1 aromatic rings. The minimum absolute atomic E-state index is 0.0126. The SMILES string of the molecule is COCC(C)NC(=O)Cn1ccc(C(=O)O)n1. The normalized spacial score (nSPS) is 12.1. The van der Waals surface area contributed by atoms with Gasteiger partial charge in [0.2, 0.25) is 5.91 Å². The fraction of sp³-hybridized carbons (Fsp3) is 0.500. The van der Waals surface area contributed by atoms with Crippen LogP contribution in [0.3, 0.4) is 0 Å². The van der Waals surface area contributed by atoms with Gasteiger partial charge in [0.15, 0.2) is 5.69 Å². The third-order valence-corrected chi connectivity index (χ3v) is 1.99. The number of hydrogen-bond acceptors (Lipinski definition) is 4. The maximum absolute atomic E-state index is 11.5. The van der Waals surface area contributed by atoms with Crippen LogP contribution >= 0.6 is 0 Å². The van der Waals surface area contributed by atoms with Crippen LogP contribution in [0.15, 0.2) is 12.3 Å². The molecule has 7 heteroatoms. The van der Waals surface area contributed by atoms with Crippen LogP contribution in [0.1, 0.15) is 17.4 Å². The molecule has 94 valence electrons. The molecule has 1 rings (SSSR count). The lowest BCUT2D eigenvalue weighted by Crippen LogP contribution is -2.37. The Labute approximate surface area is 98.4 Å². The largest absolute Gasteiger partial charge is 0.476 e. The molecular formula is C10H15N3O4. The van der Waals surface area contributed by atoms with Gasteiger partial charge >= 0.3 is 5.97 Å². The van der Waals surface area contributed by atoms with Gasteiger partial charge in [-0.05, 0) is 13.0 Å². The monoisotopic (exact) mass is 241 g/mol. The van der Waals surface area contributed by atoms with Gasteiger partial charge in [0.05, 0.1) is 6.61 Å². The molecule has 2 N–H and O–H groups in total. The van der Waals surface area contributed by atoms with E-state index in [1.54, 1.807) is 7.11 Å². The zero-order valence-electron chi connectivity index (χ0n) is 9.71. The number of ether oxygens (including phenoxy) is 1. The average molecular weight is 241 g/mol. The number of nitrogens with zero attached hydrogens (tertiary/aromatic N) is 2. The molecule has 0 aliphatic rings. The summed E-state index contributed by atoms with van der Waals surface area (Å²) in [6.07, 6.45) is 1.45. The van der Waals surface area contributed by atoms with Crippen LogP contribution in [0, 0.1) is 0 Å². The van der Waals surface area contributed by atoms with Crippen molar-refractivity contribution in [3.05, 3.63) is 18.0 Å². The van der Waals surface area contributed by atoms with Gasteiger partial charge in [-0.1, -0.05) is 0 Å². The molecule has 0 radical (unpaired) electrons. The lowest BCUT2D eigenvalue weighted by molar-refractivity contribution is -0.122. The van der Waals surface area contributed by atoms with E-state index in [0.717, 1.165) is 0 Å². The molecule has 0 saturated carbocycles. The van der Waals surface area contributed by atoms with Crippen molar-refractivity contribution in [2.75, 3.05) is 13.7 Å². The Morgan fingerprint density at radius 3 is 2.88 bits per heavy atom. The van der Waals surface area contributed by atoms with Crippen molar-refractivity contribution < 1.29 is 19.4 Å². The number of hydrogen-bond donors (Lipinski definition) is 2. The molecule has 0 fully saturated rings. The van der Waals surface area contributed by atoms with Crippen molar-refractivity contribution in [2.45, 2.75) is 19.5 Å². The molecule has 0 aromatic carbocycles. The molecule has 1 amide bonds. The van der Waals surface area contributed by atoms with E-state index in [9.17, 15) is 9.59 Å². The van der Waals surface area contributed by atoms with Crippen LogP contribution in [-0.4, -0.2) is 46.5 Å². The quantitative estimate of drug-likeness (QED) is 0.715. The van der Waals surface area contributed by atoms with E-state index in [1.165, 1.54) is 16.9 Å². The topological polar surface area (TPSA) is 93.5 Å². The number of carbonyl (C=O) groups is 2. The molecule has 1 heterocycles. The summed E-state index contributed by atoms with van der Waals surface area (Å²) in [6, 6.07) is 1.25. The summed E-state index contributed by atoms with van der Waals surface area (Å²) >= 11 is 0. The standard InChI is InChI=1S/C10H15N3O4/c1-7(6-17-2)11-9(14)5-13-4-3-8(12-13)10(15)16/h3-4,7H,5-6H2,1-2H3,(H,11,14)(H,15,16). The number of carbonyl (C=O) groups excluding carboxylic acids is 1. The Morgan fingerprint density at radius 1 is 1.65 bits per heavy atom. The minimum Gasteiger partial charge on any atom is -0.476 e. The molecule has 1 aromatic heterocycles. The Kier molecular flexibility index (Phi) is 4.65. The molecule has 0 bridgehead atoms. The van der Waals surface area contributed by atoms with E-state index in [0.29, 0.717) is 6.61 Å². The molecule has 7 nitrogen and oxygen atoms in total. The van der Waals surface area contributed by atoms with Gasteiger partial charge in [0.1, 0.15) is 6.54 Å². The summed E-state index contributed by atoms with van der Waals surface area (Å²) in [5.41, 5.74) is -0.0808. The molecule has 1 unspecified atom stereocenters. The molecule has 17 heavy (non-hydrogen) atoms. The number of carboxylic acid groups (broad SMARTS) is 1. The number of amides is 1. The number of rotatable bonds is 6. The average Bonchev–Trinajstić information content (AvgIpc) is 2.66. The highest BCUT2D eigenvalue weighted by Gasteiger charge is 2.10. The van der Waals surface area contributed by atoms with Crippen molar-refractivity contribution in [2.24, 2.45) is 0 Å². The van der Waals surface area contributed by atoms with E-state index in [1.807, 2.05) is 6.92 Å². The Balaban J connectivity index is 2.47. The molecule has 1 atom stereocenters. The Morgan fingerprint density at radius 2 is 2.35 bits per heavy atom. The van der Waals surface area contributed by atoms with Crippen molar-refractivity contribution in [3.63, 3.8) is 0 Å². The second kappa shape index (κ2) is 6.00. The van der Waals surface area contributed by atoms with Crippen molar-refractivity contribution in [1.82, 2.24) is 15.1 Å². The van der Waals surface area contributed by atoms with E-state index in [-0.39, 0.29) is 24.2 Å². The lowest BCUT2D eigenvalue weighted by atomic mass is 10.3. The third-order valence-electron chi connectivity index (χ3n) is 1.99. The molecule has 0 saturated heterocycles. The zero-order chi connectivity index (χ0) is 12.8. The van der Waals surface area contributed by atoms with Gasteiger partial charge in [0.25, 0.3) is 0 Å².